The molecule has 1 aromatic rings. The van der Waals surface area contributed by atoms with Crippen LogP contribution in [-0.4, -0.2) is 24.5 Å². The molecule has 0 radical (unpaired) electrons. The Kier molecular flexibility index (Phi) is 5.44. The van der Waals surface area contributed by atoms with Gasteiger partial charge in [-0.05, 0) is 31.5 Å². The number of amides is 2. The van der Waals surface area contributed by atoms with Crippen LogP contribution in [0.3, 0.4) is 0 Å². The number of carbonyl (C=O) groups excluding carboxylic acids is 2. The number of rotatable bonds is 6. The molecular formula is C13H17FN2O3. The molecule has 0 aliphatic rings. The molecule has 0 fully saturated rings. The summed E-state index contributed by atoms with van der Waals surface area (Å²) in [7, 11) is 0. The van der Waals surface area contributed by atoms with Gasteiger partial charge in [0.15, 0.2) is 0 Å². The third kappa shape index (κ3) is 4.33. The molecule has 1 aromatic carbocycles. The summed E-state index contributed by atoms with van der Waals surface area (Å²) in [5.41, 5.74) is 5.66. The lowest BCUT2D eigenvalue weighted by molar-refractivity contribution is -0.135. The van der Waals surface area contributed by atoms with Gasteiger partial charge in [-0.1, -0.05) is 12.1 Å². The summed E-state index contributed by atoms with van der Waals surface area (Å²) in [6.07, 6.45) is -0.688. The number of halogens is 1. The molecule has 0 heterocycles. The molecule has 3 N–H and O–H groups in total. The van der Waals surface area contributed by atoms with Gasteiger partial charge < -0.3 is 15.8 Å². The van der Waals surface area contributed by atoms with E-state index in [2.05, 4.69) is 5.32 Å². The number of benzene rings is 1. The van der Waals surface area contributed by atoms with Gasteiger partial charge in [0.05, 0.1) is 0 Å². The van der Waals surface area contributed by atoms with Gasteiger partial charge in [0.1, 0.15) is 18.0 Å². The van der Waals surface area contributed by atoms with Crippen molar-refractivity contribution in [1.82, 2.24) is 5.32 Å². The van der Waals surface area contributed by atoms with Crippen LogP contribution >= 0.6 is 0 Å². The first-order valence-corrected chi connectivity index (χ1v) is 5.92. The number of primary amides is 1. The molecule has 0 unspecified atom stereocenters. The van der Waals surface area contributed by atoms with Crippen molar-refractivity contribution in [3.63, 3.8) is 0 Å². The second-order valence-corrected chi connectivity index (χ2v) is 3.99. The normalized spacial score (nSPS) is 13.6. The second kappa shape index (κ2) is 6.84. The Balaban J connectivity index is 2.82. The van der Waals surface area contributed by atoms with Crippen LogP contribution in [0.1, 0.15) is 25.5 Å². The van der Waals surface area contributed by atoms with E-state index in [-0.39, 0.29) is 0 Å². The largest absolute Gasteiger partial charge is 0.369 e. The minimum absolute atomic E-state index is 0.381. The fourth-order valence-electron chi connectivity index (χ4n) is 1.56. The van der Waals surface area contributed by atoms with Crippen LogP contribution in [0.15, 0.2) is 24.3 Å². The first-order chi connectivity index (χ1) is 8.95. The van der Waals surface area contributed by atoms with Crippen molar-refractivity contribution in [2.24, 2.45) is 5.73 Å². The highest BCUT2D eigenvalue weighted by Gasteiger charge is 2.23. The zero-order valence-corrected chi connectivity index (χ0v) is 10.9. The monoisotopic (exact) mass is 268 g/mol. The van der Waals surface area contributed by atoms with Gasteiger partial charge in [-0.2, -0.15) is 0 Å². The fourth-order valence-corrected chi connectivity index (χ4v) is 1.56. The number of hydrogen-bond donors (Lipinski definition) is 2. The molecule has 0 aromatic heterocycles. The molecule has 0 bridgehead atoms. The molecule has 1 rings (SSSR count). The van der Waals surface area contributed by atoms with Crippen LogP contribution in [0, 0.1) is 5.82 Å². The van der Waals surface area contributed by atoms with Crippen LogP contribution in [0.4, 0.5) is 4.39 Å². The smallest absolute Gasteiger partial charge is 0.249 e. The van der Waals surface area contributed by atoms with E-state index in [1.807, 2.05) is 0 Å². The molecule has 0 spiro atoms. The molecule has 5 nitrogen and oxygen atoms in total. The van der Waals surface area contributed by atoms with Gasteiger partial charge in [0.25, 0.3) is 0 Å². The fraction of sp³-hybridized carbons (Fsp3) is 0.385. The van der Waals surface area contributed by atoms with Gasteiger partial charge in [-0.3, -0.25) is 9.59 Å². The Hall–Kier alpha value is -1.95. The van der Waals surface area contributed by atoms with Crippen molar-refractivity contribution < 1.29 is 18.7 Å². The second-order valence-electron chi connectivity index (χ2n) is 3.99. The van der Waals surface area contributed by atoms with E-state index in [9.17, 15) is 14.0 Å². The van der Waals surface area contributed by atoms with Crippen LogP contribution in [0.2, 0.25) is 0 Å². The summed E-state index contributed by atoms with van der Waals surface area (Å²) in [6.45, 7) is 3.71. The number of hydrogen-bond acceptors (Lipinski definition) is 3. The predicted octanol–water partition coefficient (Wildman–Crippen LogP) is 0.893. The Bertz CT molecular complexity index is 448. The number of carbonyl (C=O) groups is 2. The number of nitrogens with two attached hydrogens (primary N) is 1. The lowest BCUT2D eigenvalue weighted by Crippen LogP contribution is -2.42. The molecule has 2 amide bonds. The van der Waals surface area contributed by atoms with Crippen molar-refractivity contribution in [1.29, 1.82) is 0 Å². The average molecular weight is 268 g/mol. The molecular weight excluding hydrogens is 251 g/mol. The Morgan fingerprint density at radius 1 is 1.37 bits per heavy atom. The van der Waals surface area contributed by atoms with Crippen LogP contribution in [-0.2, 0) is 14.3 Å². The van der Waals surface area contributed by atoms with E-state index in [1.54, 1.807) is 13.8 Å². The van der Waals surface area contributed by atoms with Gasteiger partial charge in [-0.15, -0.1) is 0 Å². The molecule has 0 saturated heterocycles. The van der Waals surface area contributed by atoms with E-state index in [0.29, 0.717) is 12.2 Å². The number of nitrogens with one attached hydrogen (secondary N) is 1. The highest BCUT2D eigenvalue weighted by atomic mass is 19.1. The van der Waals surface area contributed by atoms with Gasteiger partial charge >= 0.3 is 0 Å². The Morgan fingerprint density at radius 3 is 2.42 bits per heavy atom. The molecule has 6 heteroatoms. The van der Waals surface area contributed by atoms with Crippen LogP contribution in [0.25, 0.3) is 0 Å². The first kappa shape index (κ1) is 15.1. The van der Waals surface area contributed by atoms with E-state index in [0.717, 1.165) is 0 Å². The number of ether oxygens (including phenoxy) is 1. The maximum Gasteiger partial charge on any atom is 0.249 e. The van der Waals surface area contributed by atoms with Crippen LogP contribution in [0.5, 0.6) is 0 Å². The molecule has 0 saturated carbocycles. The van der Waals surface area contributed by atoms with E-state index in [1.165, 1.54) is 24.3 Å². The quantitative estimate of drug-likeness (QED) is 0.804. The SMILES string of the molecule is CCO[C@@H](C)C(=O)N[C@H](C(N)=O)c1ccc(F)cc1. The highest BCUT2D eigenvalue weighted by Crippen LogP contribution is 2.13. The highest BCUT2D eigenvalue weighted by molar-refractivity contribution is 5.89. The molecule has 2 atom stereocenters. The Labute approximate surface area is 110 Å². The summed E-state index contributed by atoms with van der Waals surface area (Å²) in [6, 6.07) is 4.19. The maximum atomic E-state index is 12.8. The van der Waals surface area contributed by atoms with Crippen molar-refractivity contribution >= 4 is 11.8 Å². The third-order valence-corrected chi connectivity index (χ3v) is 2.56. The van der Waals surface area contributed by atoms with Gasteiger partial charge in [-0.25, -0.2) is 4.39 Å². The molecule has 0 aliphatic carbocycles. The molecule has 19 heavy (non-hydrogen) atoms. The summed E-state index contributed by atoms with van der Waals surface area (Å²) < 4.78 is 17.9. The van der Waals surface area contributed by atoms with Crippen molar-refractivity contribution in [2.75, 3.05) is 6.61 Å². The zero-order valence-electron chi connectivity index (χ0n) is 10.9. The first-order valence-electron chi connectivity index (χ1n) is 5.92. The van der Waals surface area contributed by atoms with E-state index < -0.39 is 29.8 Å². The van der Waals surface area contributed by atoms with E-state index >= 15 is 0 Å². The Morgan fingerprint density at radius 2 is 1.95 bits per heavy atom. The summed E-state index contributed by atoms with van der Waals surface area (Å²) in [5, 5.41) is 2.48. The van der Waals surface area contributed by atoms with Crippen LogP contribution < -0.4 is 11.1 Å². The minimum atomic E-state index is -1.00. The molecule has 104 valence electrons. The van der Waals surface area contributed by atoms with Gasteiger partial charge in [0, 0.05) is 6.61 Å². The van der Waals surface area contributed by atoms with Crippen molar-refractivity contribution in [3.8, 4) is 0 Å². The van der Waals surface area contributed by atoms with Crippen molar-refractivity contribution in [3.05, 3.63) is 35.6 Å². The standard InChI is InChI=1S/C13H17FN2O3/c1-3-19-8(2)13(18)16-11(12(15)17)9-4-6-10(14)7-5-9/h4-8,11H,3H2,1-2H3,(H2,15,17)(H,16,18)/t8-,11-/m0/s1. The molecule has 0 aliphatic heterocycles. The zero-order chi connectivity index (χ0) is 14.4. The topological polar surface area (TPSA) is 81.4 Å². The predicted molar refractivity (Wildman–Crippen MR) is 67.6 cm³/mol. The lowest BCUT2D eigenvalue weighted by Gasteiger charge is -2.18. The minimum Gasteiger partial charge on any atom is -0.369 e. The van der Waals surface area contributed by atoms with Gasteiger partial charge in [0.2, 0.25) is 11.8 Å². The average Bonchev–Trinajstić information content (AvgIpc) is 2.37. The lowest BCUT2D eigenvalue weighted by atomic mass is 10.1. The third-order valence-electron chi connectivity index (χ3n) is 2.56. The summed E-state index contributed by atoms with van der Waals surface area (Å²) in [4.78, 5) is 23.1. The maximum absolute atomic E-state index is 12.8. The summed E-state index contributed by atoms with van der Waals surface area (Å²) in [5.74, 6) is -1.60. The van der Waals surface area contributed by atoms with Crippen molar-refractivity contribution in [2.45, 2.75) is 26.0 Å². The summed E-state index contributed by atoms with van der Waals surface area (Å²) >= 11 is 0. The van der Waals surface area contributed by atoms with E-state index in [4.69, 9.17) is 10.5 Å².